The van der Waals surface area contributed by atoms with E-state index in [4.69, 9.17) is 14.3 Å². The zero-order chi connectivity index (χ0) is 32.1. The number of hydroxylamine groups is 2. The summed E-state index contributed by atoms with van der Waals surface area (Å²) in [5.41, 5.74) is 2.63. The molecule has 1 aliphatic heterocycles. The van der Waals surface area contributed by atoms with Crippen LogP contribution in [0.5, 0.6) is 11.6 Å². The highest BCUT2D eigenvalue weighted by Crippen LogP contribution is 2.26. The van der Waals surface area contributed by atoms with Crippen LogP contribution in [0.1, 0.15) is 45.2 Å². The van der Waals surface area contributed by atoms with Gasteiger partial charge in [0.1, 0.15) is 11.4 Å². The van der Waals surface area contributed by atoms with Crippen molar-refractivity contribution in [2.24, 2.45) is 0 Å². The number of nitrogens with zero attached hydrogens (tertiary/aromatic N) is 7. The predicted octanol–water partition coefficient (Wildman–Crippen LogP) is 5.91. The normalized spacial score (nSPS) is 14.2. The SMILES string of the molecule is CC(C)(C)OC(=O)ON1CCC(n2cc(-c3cnc(-c4cccc(Cn5nc(Oc6ccccc6)ccc5=O)c4)nc3)cn2)CC1. The highest BCUT2D eigenvalue weighted by atomic mass is 16.8. The lowest BCUT2D eigenvalue weighted by Crippen LogP contribution is -2.38. The molecule has 0 bridgehead atoms. The molecule has 12 heteroatoms. The third kappa shape index (κ3) is 7.83. The van der Waals surface area contributed by atoms with E-state index in [-0.39, 0.29) is 18.1 Å². The van der Waals surface area contributed by atoms with Gasteiger partial charge in [-0.2, -0.15) is 5.10 Å². The van der Waals surface area contributed by atoms with Gasteiger partial charge in [-0.25, -0.2) is 19.4 Å². The zero-order valence-corrected chi connectivity index (χ0v) is 25.9. The van der Waals surface area contributed by atoms with Crippen LogP contribution in [0.3, 0.4) is 0 Å². The fraction of sp³-hybridized carbons (Fsp3) is 0.294. The van der Waals surface area contributed by atoms with Gasteiger partial charge in [0.25, 0.3) is 5.56 Å². The summed E-state index contributed by atoms with van der Waals surface area (Å²) in [6.07, 6.45) is 8.24. The van der Waals surface area contributed by atoms with E-state index in [9.17, 15) is 9.59 Å². The molecule has 4 heterocycles. The average molecular weight is 622 g/mol. The molecule has 0 atom stereocenters. The molecule has 0 unspecified atom stereocenters. The second-order valence-corrected chi connectivity index (χ2v) is 12.0. The van der Waals surface area contributed by atoms with Gasteiger partial charge in [-0.15, -0.1) is 10.2 Å². The summed E-state index contributed by atoms with van der Waals surface area (Å²) in [7, 11) is 0. The largest absolute Gasteiger partial charge is 0.528 e. The Bertz CT molecular complexity index is 1840. The molecule has 0 aliphatic carbocycles. The van der Waals surface area contributed by atoms with Crippen LogP contribution in [-0.4, -0.2) is 59.4 Å². The Morgan fingerprint density at radius 3 is 2.39 bits per heavy atom. The van der Waals surface area contributed by atoms with Gasteiger partial charge in [0, 0.05) is 60.5 Å². The molecule has 0 spiro atoms. The monoisotopic (exact) mass is 621 g/mol. The molecule has 6 rings (SSSR count). The Morgan fingerprint density at radius 1 is 0.891 bits per heavy atom. The molecule has 0 saturated carbocycles. The van der Waals surface area contributed by atoms with Gasteiger partial charge in [-0.3, -0.25) is 9.48 Å². The van der Waals surface area contributed by atoms with Crippen molar-refractivity contribution in [3.63, 3.8) is 0 Å². The van der Waals surface area contributed by atoms with Crippen LogP contribution in [0.25, 0.3) is 22.5 Å². The summed E-state index contributed by atoms with van der Waals surface area (Å²) in [4.78, 5) is 39.1. The molecule has 1 fully saturated rings. The predicted molar refractivity (Wildman–Crippen MR) is 170 cm³/mol. The number of ether oxygens (including phenoxy) is 2. The van der Waals surface area contributed by atoms with Crippen molar-refractivity contribution in [2.45, 2.75) is 51.8 Å². The van der Waals surface area contributed by atoms with Gasteiger partial charge in [0.05, 0.1) is 18.8 Å². The first-order valence-corrected chi connectivity index (χ1v) is 15.1. The van der Waals surface area contributed by atoms with Crippen LogP contribution in [0.15, 0.2) is 96.3 Å². The number of carbonyl (C=O) groups excluding carboxylic acids is 1. The molecule has 3 aromatic heterocycles. The van der Waals surface area contributed by atoms with Crippen LogP contribution in [-0.2, 0) is 16.1 Å². The Morgan fingerprint density at radius 2 is 1.65 bits per heavy atom. The molecular formula is C34H35N7O5. The first-order valence-electron chi connectivity index (χ1n) is 15.1. The molecule has 0 N–H and O–H groups in total. The fourth-order valence-corrected chi connectivity index (χ4v) is 5.07. The highest BCUT2D eigenvalue weighted by Gasteiger charge is 2.26. The van der Waals surface area contributed by atoms with Gasteiger partial charge in [-0.05, 0) is 57.4 Å². The van der Waals surface area contributed by atoms with Crippen LogP contribution < -0.4 is 10.3 Å². The van der Waals surface area contributed by atoms with Gasteiger partial charge >= 0.3 is 6.16 Å². The number of rotatable bonds is 8. The Hall–Kier alpha value is -5.36. The third-order valence-corrected chi connectivity index (χ3v) is 7.30. The van der Waals surface area contributed by atoms with E-state index >= 15 is 0 Å². The second kappa shape index (κ2) is 13.3. The van der Waals surface area contributed by atoms with E-state index in [2.05, 4.69) is 20.2 Å². The van der Waals surface area contributed by atoms with Gasteiger partial charge < -0.3 is 14.3 Å². The number of para-hydroxylation sites is 1. The summed E-state index contributed by atoms with van der Waals surface area (Å²) in [6.45, 7) is 6.86. The number of hydrogen-bond acceptors (Lipinski definition) is 10. The number of carbonyl (C=O) groups is 1. The smallest absolute Gasteiger partial charge is 0.438 e. The molecule has 0 amide bonds. The second-order valence-electron chi connectivity index (χ2n) is 12.0. The molecule has 5 aromatic rings. The van der Waals surface area contributed by atoms with Crippen molar-refractivity contribution < 1.29 is 19.1 Å². The number of aromatic nitrogens is 6. The highest BCUT2D eigenvalue weighted by molar-refractivity contribution is 5.63. The van der Waals surface area contributed by atoms with Crippen molar-refractivity contribution in [3.8, 4) is 34.1 Å². The maximum absolute atomic E-state index is 12.5. The lowest BCUT2D eigenvalue weighted by molar-refractivity contribution is -0.154. The van der Waals surface area contributed by atoms with Gasteiger partial charge in [0.2, 0.25) is 5.88 Å². The molecule has 12 nitrogen and oxygen atoms in total. The molecule has 1 aliphatic rings. The summed E-state index contributed by atoms with van der Waals surface area (Å²) in [6, 6.07) is 20.2. The maximum atomic E-state index is 12.5. The fourth-order valence-electron chi connectivity index (χ4n) is 5.07. The van der Waals surface area contributed by atoms with Crippen LogP contribution >= 0.6 is 0 Å². The lowest BCUT2D eigenvalue weighted by atomic mass is 10.1. The number of piperidine rings is 1. The van der Waals surface area contributed by atoms with E-state index in [1.54, 1.807) is 44.3 Å². The Kier molecular flexibility index (Phi) is 8.88. The van der Waals surface area contributed by atoms with E-state index in [1.165, 1.54) is 10.7 Å². The first kappa shape index (κ1) is 30.7. The summed E-state index contributed by atoms with van der Waals surface area (Å²) in [5.74, 6) is 1.54. The summed E-state index contributed by atoms with van der Waals surface area (Å²) >= 11 is 0. The van der Waals surface area contributed by atoms with E-state index in [0.717, 1.165) is 35.1 Å². The van der Waals surface area contributed by atoms with Crippen molar-refractivity contribution in [1.29, 1.82) is 0 Å². The van der Waals surface area contributed by atoms with E-state index in [1.807, 2.05) is 71.7 Å². The standard InChI is InChI=1S/C34H35N7O5/c1-34(2,3)45-33(43)46-39-16-14-28(15-17-39)40-23-27(21-37-40)26-19-35-32(36-20-26)25-9-7-8-24(18-25)22-41-31(42)13-12-30(38-41)44-29-10-5-4-6-11-29/h4-13,18-21,23,28H,14-17,22H2,1-3H3. The zero-order valence-electron chi connectivity index (χ0n) is 25.9. The summed E-state index contributed by atoms with van der Waals surface area (Å²) < 4.78 is 14.4. The minimum atomic E-state index is -0.686. The maximum Gasteiger partial charge on any atom is 0.528 e. The average Bonchev–Trinajstić information content (AvgIpc) is 3.53. The van der Waals surface area contributed by atoms with Crippen molar-refractivity contribution >= 4 is 6.16 Å². The minimum absolute atomic E-state index is 0.183. The number of hydrogen-bond donors (Lipinski definition) is 0. The molecular weight excluding hydrogens is 586 g/mol. The lowest BCUT2D eigenvalue weighted by Gasteiger charge is -2.31. The first-order chi connectivity index (χ1) is 22.2. The number of benzene rings is 2. The van der Waals surface area contributed by atoms with Crippen molar-refractivity contribution in [3.05, 3.63) is 107 Å². The topological polar surface area (TPSA) is 126 Å². The van der Waals surface area contributed by atoms with Gasteiger partial charge in [0.15, 0.2) is 5.82 Å². The third-order valence-electron chi connectivity index (χ3n) is 7.30. The van der Waals surface area contributed by atoms with Gasteiger partial charge in [-0.1, -0.05) is 36.4 Å². The van der Waals surface area contributed by atoms with Crippen LogP contribution in [0, 0.1) is 0 Å². The Balaban J connectivity index is 1.07. The molecule has 2 aromatic carbocycles. The minimum Gasteiger partial charge on any atom is -0.438 e. The molecule has 236 valence electrons. The molecule has 46 heavy (non-hydrogen) atoms. The summed E-state index contributed by atoms with van der Waals surface area (Å²) in [5, 5.41) is 10.6. The van der Waals surface area contributed by atoms with E-state index < -0.39 is 11.8 Å². The molecule has 0 radical (unpaired) electrons. The van der Waals surface area contributed by atoms with Crippen LogP contribution in [0.2, 0.25) is 0 Å². The van der Waals surface area contributed by atoms with Crippen molar-refractivity contribution in [1.82, 2.24) is 34.6 Å². The molecule has 1 saturated heterocycles. The quantitative estimate of drug-likeness (QED) is 0.193. The van der Waals surface area contributed by atoms with E-state index in [0.29, 0.717) is 30.5 Å². The Labute approximate surface area is 266 Å². The van der Waals surface area contributed by atoms with Crippen molar-refractivity contribution in [2.75, 3.05) is 13.1 Å². The van der Waals surface area contributed by atoms with Crippen LogP contribution in [0.4, 0.5) is 4.79 Å².